The average Bonchev–Trinajstić information content (AvgIpc) is 2.89. The summed E-state index contributed by atoms with van der Waals surface area (Å²) in [5.41, 5.74) is 3.56. The van der Waals surface area contributed by atoms with Gasteiger partial charge in [0.2, 0.25) is 10.0 Å². The van der Waals surface area contributed by atoms with Crippen molar-refractivity contribution >= 4 is 27.5 Å². The summed E-state index contributed by atoms with van der Waals surface area (Å²) < 4.78 is 25.4. The zero-order valence-electron chi connectivity index (χ0n) is 17.3. The van der Waals surface area contributed by atoms with E-state index >= 15 is 0 Å². The number of carbonyl (C=O) groups is 2. The number of nitrogens with zero attached hydrogens (tertiary/aromatic N) is 1. The van der Waals surface area contributed by atoms with E-state index in [-0.39, 0.29) is 29.9 Å². The summed E-state index contributed by atoms with van der Waals surface area (Å²) in [7, 11) is -3.43. The molecule has 1 heterocycles. The quantitative estimate of drug-likeness (QED) is 0.729. The Labute approximate surface area is 172 Å². The lowest BCUT2D eigenvalue weighted by Gasteiger charge is -2.25. The molecule has 0 spiro atoms. The molecule has 2 aromatic rings. The number of amides is 2. The Morgan fingerprint density at radius 2 is 1.45 bits per heavy atom. The van der Waals surface area contributed by atoms with Crippen molar-refractivity contribution in [2.24, 2.45) is 0 Å². The Bertz CT molecular complexity index is 1060. The fourth-order valence-corrected chi connectivity index (χ4v) is 4.10. The Morgan fingerprint density at radius 3 is 1.97 bits per heavy atom. The number of hydrogen-bond acceptors (Lipinski definition) is 4. The van der Waals surface area contributed by atoms with Crippen molar-refractivity contribution < 1.29 is 18.0 Å². The molecule has 1 aliphatic rings. The highest BCUT2D eigenvalue weighted by Gasteiger charge is 2.40. The van der Waals surface area contributed by atoms with Gasteiger partial charge in [0.05, 0.1) is 23.1 Å². The van der Waals surface area contributed by atoms with Crippen molar-refractivity contribution in [3.05, 3.63) is 64.2 Å². The monoisotopic (exact) mass is 414 g/mol. The van der Waals surface area contributed by atoms with Crippen LogP contribution in [0.25, 0.3) is 0 Å². The van der Waals surface area contributed by atoms with E-state index in [4.69, 9.17) is 0 Å². The summed E-state index contributed by atoms with van der Waals surface area (Å²) in [5.74, 6) is -0.536. The van der Waals surface area contributed by atoms with Crippen LogP contribution in [0.4, 0.5) is 5.69 Å². The van der Waals surface area contributed by atoms with Crippen LogP contribution < -0.4 is 9.62 Å². The van der Waals surface area contributed by atoms with Crippen LogP contribution in [0.1, 0.15) is 76.9 Å². The molecule has 0 aromatic heterocycles. The minimum Gasteiger partial charge on any atom is -0.268 e. The van der Waals surface area contributed by atoms with Crippen molar-refractivity contribution in [2.45, 2.75) is 46.1 Å². The highest BCUT2D eigenvalue weighted by molar-refractivity contribution is 7.88. The van der Waals surface area contributed by atoms with Gasteiger partial charge in [0.25, 0.3) is 11.8 Å². The van der Waals surface area contributed by atoms with E-state index in [1.165, 1.54) is 4.90 Å². The second kappa shape index (κ2) is 7.72. The molecule has 3 rings (SSSR count). The van der Waals surface area contributed by atoms with Crippen LogP contribution in [0.15, 0.2) is 36.4 Å². The van der Waals surface area contributed by atoms with Gasteiger partial charge in [-0.2, -0.15) is 0 Å². The van der Waals surface area contributed by atoms with Gasteiger partial charge in [-0.15, -0.1) is 0 Å². The van der Waals surface area contributed by atoms with Gasteiger partial charge in [-0.3, -0.25) is 9.59 Å². The lowest BCUT2D eigenvalue weighted by molar-refractivity contribution is 0.0925. The fraction of sp³-hybridized carbons (Fsp3) is 0.364. The lowest BCUT2D eigenvalue weighted by atomic mass is 9.92. The van der Waals surface area contributed by atoms with Gasteiger partial charge >= 0.3 is 0 Å². The van der Waals surface area contributed by atoms with Crippen LogP contribution in [-0.4, -0.2) is 26.5 Å². The molecule has 0 atom stereocenters. The summed E-state index contributed by atoms with van der Waals surface area (Å²) in [6, 6.07) is 10.8. The lowest BCUT2D eigenvalue weighted by Crippen LogP contribution is -2.32. The molecule has 0 saturated carbocycles. The van der Waals surface area contributed by atoms with Crippen LogP contribution in [-0.2, 0) is 16.6 Å². The fourth-order valence-electron chi connectivity index (χ4n) is 3.68. The standard InChI is InChI=1S/C22H26N2O4S/c1-13(2)16-9-7-10-17(14(3)4)20(16)24-21(25)18-11-6-8-15(19(18)22(24)26)12-23-29(5,27)28/h6-11,13-14,23H,12H2,1-5H3. The minimum absolute atomic E-state index is 0.0439. The first-order valence-corrected chi connectivity index (χ1v) is 11.5. The molecule has 0 bridgehead atoms. The normalized spacial score (nSPS) is 14.2. The summed E-state index contributed by atoms with van der Waals surface area (Å²) in [6.45, 7) is 8.08. The third-order valence-corrected chi connectivity index (χ3v) is 5.76. The Morgan fingerprint density at radius 1 is 0.897 bits per heavy atom. The largest absolute Gasteiger partial charge is 0.268 e. The van der Waals surface area contributed by atoms with Gasteiger partial charge in [0, 0.05) is 6.54 Å². The minimum atomic E-state index is -3.43. The molecule has 0 unspecified atom stereocenters. The first-order valence-electron chi connectivity index (χ1n) is 9.61. The summed E-state index contributed by atoms with van der Waals surface area (Å²) in [4.78, 5) is 28.0. The zero-order valence-corrected chi connectivity index (χ0v) is 18.1. The Balaban J connectivity index is 2.16. The molecule has 0 aliphatic carbocycles. The molecule has 2 amide bonds. The van der Waals surface area contributed by atoms with Crippen LogP contribution in [0.3, 0.4) is 0 Å². The van der Waals surface area contributed by atoms with Crippen LogP contribution >= 0.6 is 0 Å². The number of para-hydroxylation sites is 1. The number of imide groups is 1. The third-order valence-electron chi connectivity index (χ3n) is 5.09. The molecule has 0 fully saturated rings. The van der Waals surface area contributed by atoms with Crippen LogP contribution in [0, 0.1) is 0 Å². The van der Waals surface area contributed by atoms with Crippen LogP contribution in [0.2, 0.25) is 0 Å². The summed E-state index contributed by atoms with van der Waals surface area (Å²) in [6.07, 6.45) is 1.06. The first kappa shape index (κ1) is 21.2. The maximum Gasteiger partial charge on any atom is 0.266 e. The average molecular weight is 415 g/mol. The van der Waals surface area contributed by atoms with E-state index in [0.717, 1.165) is 17.4 Å². The molecule has 1 N–H and O–H groups in total. The second-order valence-electron chi connectivity index (χ2n) is 7.97. The number of fused-ring (bicyclic) bond motifs is 1. The molecular weight excluding hydrogens is 388 g/mol. The molecule has 154 valence electrons. The van der Waals surface area contributed by atoms with Crippen LogP contribution in [0.5, 0.6) is 0 Å². The predicted molar refractivity (Wildman–Crippen MR) is 114 cm³/mol. The number of anilines is 1. The summed E-state index contributed by atoms with van der Waals surface area (Å²) in [5, 5.41) is 0. The van der Waals surface area contributed by atoms with E-state index in [1.54, 1.807) is 18.2 Å². The molecule has 7 heteroatoms. The van der Waals surface area contributed by atoms with Crippen molar-refractivity contribution in [1.29, 1.82) is 0 Å². The van der Waals surface area contributed by atoms with Crippen molar-refractivity contribution in [3.8, 4) is 0 Å². The SMILES string of the molecule is CC(C)c1cccc(C(C)C)c1N1C(=O)c2cccc(CNS(C)(=O)=O)c2C1=O. The number of rotatable bonds is 6. The Kier molecular flexibility index (Phi) is 5.65. The van der Waals surface area contributed by atoms with Gasteiger partial charge in [0.15, 0.2) is 0 Å². The highest BCUT2D eigenvalue weighted by atomic mass is 32.2. The molecular formula is C22H26N2O4S. The molecule has 0 radical (unpaired) electrons. The van der Waals surface area contributed by atoms with E-state index in [0.29, 0.717) is 16.8 Å². The van der Waals surface area contributed by atoms with E-state index in [2.05, 4.69) is 4.72 Å². The number of carbonyl (C=O) groups excluding carboxylic acids is 2. The van der Waals surface area contributed by atoms with Crippen molar-refractivity contribution in [3.63, 3.8) is 0 Å². The number of sulfonamides is 1. The molecule has 2 aromatic carbocycles. The molecule has 0 saturated heterocycles. The number of benzene rings is 2. The summed E-state index contributed by atoms with van der Waals surface area (Å²) >= 11 is 0. The number of hydrogen-bond donors (Lipinski definition) is 1. The third kappa shape index (κ3) is 3.97. The molecule has 29 heavy (non-hydrogen) atoms. The van der Waals surface area contributed by atoms with Gasteiger partial charge in [-0.05, 0) is 34.6 Å². The smallest absolute Gasteiger partial charge is 0.266 e. The van der Waals surface area contributed by atoms with Gasteiger partial charge in [-0.25, -0.2) is 18.0 Å². The van der Waals surface area contributed by atoms with Crippen molar-refractivity contribution in [1.82, 2.24) is 4.72 Å². The van der Waals surface area contributed by atoms with E-state index in [9.17, 15) is 18.0 Å². The maximum atomic E-state index is 13.4. The van der Waals surface area contributed by atoms with E-state index in [1.807, 2.05) is 45.9 Å². The molecule has 1 aliphatic heterocycles. The first-order chi connectivity index (χ1) is 13.5. The van der Waals surface area contributed by atoms with Crippen molar-refractivity contribution in [2.75, 3.05) is 11.2 Å². The number of nitrogens with one attached hydrogen (secondary N) is 1. The second-order valence-corrected chi connectivity index (χ2v) is 9.81. The zero-order chi connectivity index (χ0) is 21.5. The van der Waals surface area contributed by atoms with Gasteiger partial charge in [-0.1, -0.05) is 58.0 Å². The predicted octanol–water partition coefficient (Wildman–Crippen LogP) is 3.78. The molecule has 6 nitrogen and oxygen atoms in total. The van der Waals surface area contributed by atoms with Gasteiger partial charge in [0.1, 0.15) is 0 Å². The van der Waals surface area contributed by atoms with E-state index < -0.39 is 15.9 Å². The Hall–Kier alpha value is -2.51. The van der Waals surface area contributed by atoms with Gasteiger partial charge < -0.3 is 0 Å². The topological polar surface area (TPSA) is 83.6 Å². The maximum absolute atomic E-state index is 13.4. The highest BCUT2D eigenvalue weighted by Crippen LogP contribution is 2.40.